The van der Waals surface area contributed by atoms with E-state index < -0.39 is 30.2 Å². The lowest BCUT2D eigenvalue weighted by atomic mass is 9.93. The van der Waals surface area contributed by atoms with Crippen LogP contribution in [0.4, 0.5) is 18.9 Å². The Bertz CT molecular complexity index is 1730. The van der Waals surface area contributed by atoms with Crippen LogP contribution in [0.25, 0.3) is 11.0 Å². The summed E-state index contributed by atoms with van der Waals surface area (Å²) in [5.74, 6) is -1.37. The van der Waals surface area contributed by atoms with Gasteiger partial charge in [-0.1, -0.05) is 40.9 Å². The predicted octanol–water partition coefficient (Wildman–Crippen LogP) is 6.79. The van der Waals surface area contributed by atoms with Crippen LogP contribution in [0.1, 0.15) is 41.2 Å². The molecule has 1 heterocycles. The molecule has 3 aromatic carbocycles. The molecule has 0 saturated heterocycles. The van der Waals surface area contributed by atoms with Crippen molar-refractivity contribution in [2.24, 2.45) is 12.5 Å². The molecule has 44 heavy (non-hydrogen) atoms. The third-order valence-electron chi connectivity index (χ3n) is 6.91. The van der Waals surface area contributed by atoms with Crippen molar-refractivity contribution in [3.05, 3.63) is 85.9 Å². The fourth-order valence-corrected chi connectivity index (χ4v) is 4.99. The van der Waals surface area contributed by atoms with Crippen molar-refractivity contribution < 1.29 is 32.6 Å². The van der Waals surface area contributed by atoms with Crippen molar-refractivity contribution in [2.45, 2.75) is 33.2 Å². The van der Waals surface area contributed by atoms with Gasteiger partial charge in [0.25, 0.3) is 12.3 Å². The number of carbonyl (C=O) groups is 2. The Hall–Kier alpha value is -3.51. The SMILES string of the molecule is Cn1c(Cc2c(Cl)ccc(CNC(=O)C(C)(C)CO)c2Cl)nc2cc(C(=O)Nc3ccc(F)c(Cl)c3)c(OCC(F)F)cc21. The van der Waals surface area contributed by atoms with Gasteiger partial charge in [-0.25, -0.2) is 18.2 Å². The number of ether oxygens (including phenoxy) is 1. The summed E-state index contributed by atoms with van der Waals surface area (Å²) < 4.78 is 46.7. The summed E-state index contributed by atoms with van der Waals surface area (Å²) >= 11 is 19.0. The van der Waals surface area contributed by atoms with Crippen molar-refractivity contribution >= 4 is 63.3 Å². The molecular weight excluding hydrogens is 644 g/mol. The topological polar surface area (TPSA) is 105 Å². The van der Waals surface area contributed by atoms with E-state index in [2.05, 4.69) is 15.6 Å². The van der Waals surface area contributed by atoms with Crippen molar-refractivity contribution in [3.8, 4) is 5.75 Å². The molecule has 0 aliphatic carbocycles. The number of anilines is 1. The maximum atomic E-state index is 13.6. The van der Waals surface area contributed by atoms with E-state index in [-0.39, 0.29) is 47.5 Å². The normalized spacial score (nSPS) is 11.7. The lowest BCUT2D eigenvalue weighted by molar-refractivity contribution is -0.131. The van der Waals surface area contributed by atoms with Gasteiger partial charge >= 0.3 is 0 Å². The largest absolute Gasteiger partial charge is 0.487 e. The second kappa shape index (κ2) is 13.6. The van der Waals surface area contributed by atoms with Crippen LogP contribution in [0.2, 0.25) is 15.1 Å². The Balaban J connectivity index is 1.67. The van der Waals surface area contributed by atoms with E-state index in [4.69, 9.17) is 39.5 Å². The number of aryl methyl sites for hydroxylation is 1. The highest BCUT2D eigenvalue weighted by Crippen LogP contribution is 2.33. The molecule has 8 nitrogen and oxygen atoms in total. The number of carbonyl (C=O) groups excluding carboxylic acids is 2. The number of hydrogen-bond acceptors (Lipinski definition) is 5. The van der Waals surface area contributed by atoms with Gasteiger partial charge in [-0.05, 0) is 55.3 Å². The van der Waals surface area contributed by atoms with Gasteiger partial charge in [-0.3, -0.25) is 9.59 Å². The molecule has 1 aromatic heterocycles. The maximum Gasteiger partial charge on any atom is 0.272 e. The molecule has 0 aliphatic rings. The fourth-order valence-electron chi connectivity index (χ4n) is 4.24. The van der Waals surface area contributed by atoms with E-state index in [9.17, 15) is 27.9 Å². The highest BCUT2D eigenvalue weighted by Gasteiger charge is 2.27. The number of alkyl halides is 2. The van der Waals surface area contributed by atoms with Crippen LogP contribution < -0.4 is 15.4 Å². The minimum absolute atomic E-state index is 0.0807. The van der Waals surface area contributed by atoms with Gasteiger partial charge in [0.1, 0.15) is 24.0 Å². The summed E-state index contributed by atoms with van der Waals surface area (Å²) in [6.45, 7) is 2.03. The van der Waals surface area contributed by atoms with Crippen molar-refractivity contribution in [3.63, 3.8) is 0 Å². The Kier molecular flexibility index (Phi) is 10.3. The lowest BCUT2D eigenvalue weighted by Gasteiger charge is -2.21. The van der Waals surface area contributed by atoms with Crippen LogP contribution >= 0.6 is 34.8 Å². The molecule has 234 valence electrons. The first-order valence-corrected chi connectivity index (χ1v) is 14.4. The van der Waals surface area contributed by atoms with Gasteiger partial charge in [0, 0.05) is 36.8 Å². The molecule has 3 N–H and O–H groups in total. The van der Waals surface area contributed by atoms with Crippen LogP contribution in [0.5, 0.6) is 5.75 Å². The molecule has 0 spiro atoms. The number of fused-ring (bicyclic) bond motifs is 1. The fraction of sp³-hybridized carbons (Fsp3) is 0.300. The molecule has 0 fully saturated rings. The smallest absolute Gasteiger partial charge is 0.272 e. The van der Waals surface area contributed by atoms with Crippen LogP contribution in [0.15, 0.2) is 42.5 Å². The Morgan fingerprint density at radius 2 is 1.82 bits per heavy atom. The van der Waals surface area contributed by atoms with Gasteiger partial charge in [0.15, 0.2) is 0 Å². The number of aliphatic hydroxyl groups is 1. The van der Waals surface area contributed by atoms with E-state index in [0.717, 1.165) is 6.07 Å². The average Bonchev–Trinajstić information content (AvgIpc) is 3.28. The highest BCUT2D eigenvalue weighted by atomic mass is 35.5. The quantitative estimate of drug-likeness (QED) is 0.163. The maximum absolute atomic E-state index is 13.6. The second-order valence-electron chi connectivity index (χ2n) is 10.6. The third kappa shape index (κ3) is 7.40. The number of aromatic nitrogens is 2. The molecule has 0 unspecified atom stereocenters. The summed E-state index contributed by atoms with van der Waals surface area (Å²) in [6, 6.07) is 9.75. The summed E-state index contributed by atoms with van der Waals surface area (Å²) in [5, 5.41) is 15.2. The lowest BCUT2D eigenvalue weighted by Crippen LogP contribution is -2.38. The van der Waals surface area contributed by atoms with Crippen LogP contribution in [0.3, 0.4) is 0 Å². The Morgan fingerprint density at radius 3 is 2.48 bits per heavy atom. The minimum Gasteiger partial charge on any atom is -0.487 e. The molecule has 0 bridgehead atoms. The van der Waals surface area contributed by atoms with Crippen molar-refractivity contribution in [1.82, 2.24) is 14.9 Å². The van der Waals surface area contributed by atoms with Crippen LogP contribution in [-0.2, 0) is 24.8 Å². The monoisotopic (exact) mass is 670 g/mol. The van der Waals surface area contributed by atoms with Gasteiger partial charge in [0.2, 0.25) is 5.91 Å². The first-order valence-electron chi connectivity index (χ1n) is 13.2. The summed E-state index contributed by atoms with van der Waals surface area (Å²) in [4.78, 5) is 30.3. The minimum atomic E-state index is -2.80. The Morgan fingerprint density at radius 1 is 1.09 bits per heavy atom. The van der Waals surface area contributed by atoms with E-state index in [1.165, 1.54) is 24.3 Å². The molecule has 4 aromatic rings. The van der Waals surface area contributed by atoms with E-state index in [1.807, 2.05) is 0 Å². The van der Waals surface area contributed by atoms with Crippen LogP contribution in [-0.4, -0.2) is 46.1 Å². The van der Waals surface area contributed by atoms with Crippen molar-refractivity contribution in [2.75, 3.05) is 18.5 Å². The van der Waals surface area contributed by atoms with E-state index in [0.29, 0.717) is 38.0 Å². The molecule has 4 rings (SSSR count). The summed E-state index contributed by atoms with van der Waals surface area (Å²) in [5.41, 5.74) is 1.08. The van der Waals surface area contributed by atoms with Gasteiger partial charge in [-0.2, -0.15) is 0 Å². The summed E-state index contributed by atoms with van der Waals surface area (Å²) in [7, 11) is 1.70. The molecule has 0 aliphatic heterocycles. The second-order valence-corrected chi connectivity index (χ2v) is 11.8. The zero-order valence-electron chi connectivity index (χ0n) is 23.8. The number of hydrogen-bond donors (Lipinski definition) is 3. The number of benzene rings is 3. The number of amides is 2. The number of rotatable bonds is 11. The zero-order chi connectivity index (χ0) is 32.3. The van der Waals surface area contributed by atoms with Crippen LogP contribution in [0, 0.1) is 11.2 Å². The number of imidazole rings is 1. The zero-order valence-corrected chi connectivity index (χ0v) is 26.0. The van der Waals surface area contributed by atoms with E-state index in [1.54, 1.807) is 37.6 Å². The standard InChI is InChI=1S/C30H28Cl3F3N4O4/c1-30(2,14-41)29(43)37-12-15-4-6-19(31)17(27(15)33)10-26-39-22-9-18(24(44-13-25(35)36)11-23(22)40(26)3)28(42)38-16-5-7-21(34)20(32)8-16/h4-9,11,25,41H,10,12-14H2,1-3H3,(H,37,43)(H,38,42). The first-order chi connectivity index (χ1) is 20.7. The molecule has 2 amide bonds. The predicted molar refractivity (Wildman–Crippen MR) is 164 cm³/mol. The number of nitrogens with one attached hydrogen (secondary N) is 2. The molecule has 0 atom stereocenters. The van der Waals surface area contributed by atoms with Gasteiger partial charge in [-0.15, -0.1) is 0 Å². The summed E-state index contributed by atoms with van der Waals surface area (Å²) in [6.07, 6.45) is -2.65. The van der Waals surface area contributed by atoms with Gasteiger partial charge in [0.05, 0.1) is 38.7 Å². The molecule has 14 heteroatoms. The number of nitrogens with zero attached hydrogens (tertiary/aromatic N) is 2. The first kappa shape index (κ1) is 33.4. The number of aliphatic hydroxyl groups excluding tert-OH is 1. The molecule has 0 saturated carbocycles. The highest BCUT2D eigenvalue weighted by molar-refractivity contribution is 6.36. The molecular formula is C30H28Cl3F3N4O4. The molecule has 0 radical (unpaired) electrons. The number of halogens is 6. The van der Waals surface area contributed by atoms with Gasteiger partial charge < -0.3 is 25.0 Å². The Labute approximate surface area is 266 Å². The van der Waals surface area contributed by atoms with E-state index >= 15 is 0 Å². The third-order valence-corrected chi connectivity index (χ3v) is 8.03. The van der Waals surface area contributed by atoms with Crippen molar-refractivity contribution in [1.29, 1.82) is 0 Å². The average molecular weight is 672 g/mol.